The fourth-order valence-electron chi connectivity index (χ4n) is 3.16. The number of fused-ring (bicyclic) bond motifs is 3. The number of aryl methyl sites for hydroxylation is 1. The van der Waals surface area contributed by atoms with Crippen LogP contribution in [0, 0.1) is 13.1 Å². The number of alkyl halides is 3. The highest BCUT2D eigenvalue weighted by Crippen LogP contribution is 2.31. The second-order valence-electron chi connectivity index (χ2n) is 5.81. The number of hydrogen-bond acceptors (Lipinski definition) is 2. The van der Waals surface area contributed by atoms with E-state index in [0.717, 1.165) is 32.4 Å². The van der Waals surface area contributed by atoms with E-state index >= 15 is 0 Å². The largest absolute Gasteiger partial charge is 0.451 e. The Bertz CT molecular complexity index is 875. The zero-order valence-corrected chi connectivity index (χ0v) is 12.4. The molecule has 0 atom stereocenters. The van der Waals surface area contributed by atoms with Crippen LogP contribution < -0.4 is 5.01 Å². The molecule has 0 spiro atoms. The Morgan fingerprint density at radius 3 is 2.91 bits per heavy atom. The summed E-state index contributed by atoms with van der Waals surface area (Å²) >= 11 is 0. The molecule has 7 heteroatoms. The molecular formula is C16H14F3N4. The molecule has 0 aliphatic carbocycles. The maximum atomic E-state index is 13.0. The van der Waals surface area contributed by atoms with Crippen LogP contribution in [-0.2, 0) is 19.1 Å². The Morgan fingerprint density at radius 1 is 1.30 bits per heavy atom. The van der Waals surface area contributed by atoms with Crippen LogP contribution >= 0.6 is 0 Å². The number of nitrogens with one attached hydrogen (secondary N) is 1. The number of halogens is 3. The van der Waals surface area contributed by atoms with Crippen molar-refractivity contribution in [3.05, 3.63) is 53.2 Å². The fraction of sp³-hybridized carbons (Fsp3) is 0.312. The average Bonchev–Trinajstić information content (AvgIpc) is 3.10. The second-order valence-corrected chi connectivity index (χ2v) is 5.81. The molecule has 2 aromatic heterocycles. The predicted octanol–water partition coefficient (Wildman–Crippen LogP) is 3.19. The highest BCUT2D eigenvalue weighted by Gasteiger charge is 2.38. The first-order valence-corrected chi connectivity index (χ1v) is 7.31. The Balaban J connectivity index is 1.76. The summed E-state index contributed by atoms with van der Waals surface area (Å²) in [6.07, 6.45) is -0.270. The summed E-state index contributed by atoms with van der Waals surface area (Å²) in [5, 5.41) is 2.73. The summed E-state index contributed by atoms with van der Waals surface area (Å²) in [5.74, 6) is -0.933. The summed E-state index contributed by atoms with van der Waals surface area (Å²) in [6, 6.07) is 6.10. The standard InChI is InChI=1S/C16H14F3N4/c1-10-2-3-13-11(8-10)12-9-22(6-4-14(12)21-13)23-7-5-20-15(23)16(17,18)19/h2-3,7-8,21H,4,6,9H2,1H3. The Kier molecular flexibility index (Phi) is 2.94. The number of aromatic amines is 1. The summed E-state index contributed by atoms with van der Waals surface area (Å²) in [7, 11) is 0. The van der Waals surface area contributed by atoms with E-state index in [1.807, 2.05) is 19.1 Å². The molecule has 1 aromatic carbocycles. The van der Waals surface area contributed by atoms with Crippen LogP contribution in [0.5, 0.6) is 0 Å². The molecule has 0 unspecified atom stereocenters. The number of hydrogen-bond donors (Lipinski definition) is 1. The quantitative estimate of drug-likeness (QED) is 0.748. The highest BCUT2D eigenvalue weighted by molar-refractivity contribution is 5.85. The van der Waals surface area contributed by atoms with E-state index in [2.05, 4.69) is 22.2 Å². The molecule has 3 aromatic rings. The van der Waals surface area contributed by atoms with Gasteiger partial charge in [-0.3, -0.25) is 0 Å². The van der Waals surface area contributed by atoms with E-state index in [1.165, 1.54) is 6.20 Å². The maximum absolute atomic E-state index is 13.0. The number of nitrogens with zero attached hydrogens (tertiary/aromatic N) is 3. The molecule has 3 heterocycles. The van der Waals surface area contributed by atoms with Crippen LogP contribution in [0.1, 0.15) is 22.6 Å². The summed E-state index contributed by atoms with van der Waals surface area (Å²) in [4.78, 5) is 6.72. The van der Waals surface area contributed by atoms with Crippen LogP contribution in [0.2, 0.25) is 0 Å². The van der Waals surface area contributed by atoms with Crippen molar-refractivity contribution in [1.82, 2.24) is 14.6 Å². The third-order valence-electron chi connectivity index (χ3n) is 4.24. The van der Waals surface area contributed by atoms with Gasteiger partial charge in [0, 0.05) is 35.1 Å². The van der Waals surface area contributed by atoms with Gasteiger partial charge in [0.05, 0.1) is 12.7 Å². The molecule has 4 rings (SSSR count). The molecule has 1 aliphatic rings. The lowest BCUT2D eigenvalue weighted by molar-refractivity contribution is -0.147. The molecule has 0 bridgehead atoms. The summed E-state index contributed by atoms with van der Waals surface area (Å²) in [6.45, 7) is 2.91. The number of H-pyrrole nitrogens is 1. The van der Waals surface area contributed by atoms with Crippen molar-refractivity contribution in [2.45, 2.75) is 26.1 Å². The third kappa shape index (κ3) is 2.27. The zero-order valence-electron chi connectivity index (χ0n) is 12.4. The van der Waals surface area contributed by atoms with E-state index in [-0.39, 0.29) is 0 Å². The molecule has 0 saturated heterocycles. The van der Waals surface area contributed by atoms with Crippen molar-refractivity contribution < 1.29 is 13.2 Å². The maximum Gasteiger partial charge on any atom is 0.451 e. The van der Waals surface area contributed by atoms with Gasteiger partial charge in [-0.25, -0.2) is 9.66 Å². The number of imidazole rings is 1. The summed E-state index contributed by atoms with van der Waals surface area (Å²) in [5.41, 5.74) is 4.30. The van der Waals surface area contributed by atoms with Gasteiger partial charge >= 0.3 is 6.18 Å². The topological polar surface area (TPSA) is 36.9 Å². The van der Waals surface area contributed by atoms with Gasteiger partial charge in [-0.1, -0.05) is 11.6 Å². The molecule has 1 aliphatic heterocycles. The minimum atomic E-state index is -4.49. The van der Waals surface area contributed by atoms with E-state index in [9.17, 15) is 13.2 Å². The van der Waals surface area contributed by atoms with Gasteiger partial charge in [-0.15, -0.1) is 0 Å². The predicted molar refractivity (Wildman–Crippen MR) is 79.6 cm³/mol. The Labute approximate surface area is 130 Å². The molecule has 4 nitrogen and oxygen atoms in total. The van der Waals surface area contributed by atoms with Gasteiger partial charge in [0.15, 0.2) is 0 Å². The monoisotopic (exact) mass is 319 g/mol. The zero-order chi connectivity index (χ0) is 16.2. The minimum absolute atomic E-state index is 0.409. The molecule has 1 radical (unpaired) electrons. The smallest absolute Gasteiger partial charge is 0.358 e. The average molecular weight is 319 g/mol. The minimum Gasteiger partial charge on any atom is -0.358 e. The number of rotatable bonds is 1. The van der Waals surface area contributed by atoms with Gasteiger partial charge < -0.3 is 9.99 Å². The van der Waals surface area contributed by atoms with Crippen LogP contribution in [0.25, 0.3) is 10.9 Å². The van der Waals surface area contributed by atoms with Crippen LogP contribution in [0.15, 0.2) is 24.4 Å². The highest BCUT2D eigenvalue weighted by atomic mass is 19.4. The van der Waals surface area contributed by atoms with Gasteiger partial charge in [-0.2, -0.15) is 13.2 Å². The van der Waals surface area contributed by atoms with Gasteiger partial charge in [-0.05, 0) is 19.1 Å². The Morgan fingerprint density at radius 2 is 2.13 bits per heavy atom. The van der Waals surface area contributed by atoms with Crippen molar-refractivity contribution >= 4 is 10.9 Å². The first-order valence-electron chi connectivity index (χ1n) is 7.31. The summed E-state index contributed by atoms with van der Waals surface area (Å²) < 4.78 is 40.2. The van der Waals surface area contributed by atoms with Gasteiger partial charge in [0.25, 0.3) is 0 Å². The van der Waals surface area contributed by atoms with Crippen LogP contribution in [-0.4, -0.2) is 21.2 Å². The normalized spacial score (nSPS) is 15.2. The SMILES string of the molecule is Cc1ccc2[nH]c3c(c2c1)CN(n1c[c]nc1C(F)(F)F)CC3. The first-order chi connectivity index (χ1) is 10.9. The van der Waals surface area contributed by atoms with E-state index in [0.29, 0.717) is 19.5 Å². The molecule has 0 amide bonds. The van der Waals surface area contributed by atoms with E-state index in [4.69, 9.17) is 0 Å². The van der Waals surface area contributed by atoms with Gasteiger partial charge in [0.1, 0.15) is 6.20 Å². The Hall–Kier alpha value is -2.44. The first kappa shape index (κ1) is 14.2. The molecule has 0 fully saturated rings. The molecular weight excluding hydrogens is 305 g/mol. The van der Waals surface area contributed by atoms with Crippen molar-refractivity contribution in [2.75, 3.05) is 11.6 Å². The van der Waals surface area contributed by atoms with Crippen molar-refractivity contribution in [2.24, 2.45) is 0 Å². The second kappa shape index (κ2) is 4.78. The van der Waals surface area contributed by atoms with Crippen molar-refractivity contribution in [3.63, 3.8) is 0 Å². The lowest BCUT2D eigenvalue weighted by Crippen LogP contribution is -2.41. The van der Waals surface area contributed by atoms with Gasteiger partial charge in [0.2, 0.25) is 5.82 Å². The fourth-order valence-corrected chi connectivity index (χ4v) is 3.16. The molecule has 1 N–H and O–H groups in total. The van der Waals surface area contributed by atoms with Crippen LogP contribution in [0.3, 0.4) is 0 Å². The van der Waals surface area contributed by atoms with Crippen molar-refractivity contribution in [3.8, 4) is 0 Å². The number of benzene rings is 1. The number of aromatic nitrogens is 3. The third-order valence-corrected chi connectivity index (χ3v) is 4.24. The van der Waals surface area contributed by atoms with E-state index in [1.54, 1.807) is 5.01 Å². The van der Waals surface area contributed by atoms with Crippen LogP contribution in [0.4, 0.5) is 13.2 Å². The van der Waals surface area contributed by atoms with Crippen molar-refractivity contribution in [1.29, 1.82) is 0 Å². The van der Waals surface area contributed by atoms with E-state index < -0.39 is 12.0 Å². The molecule has 119 valence electrons. The molecule has 0 saturated carbocycles. The lowest BCUT2D eigenvalue weighted by atomic mass is 10.0. The lowest BCUT2D eigenvalue weighted by Gasteiger charge is -2.31. The molecule has 23 heavy (non-hydrogen) atoms.